The quantitative estimate of drug-likeness (QED) is 0.869. The maximum Gasteiger partial charge on any atom is 0.0919 e. The number of β-amino-alcohol motifs (C(OH)–C–C–N with tert-alkyl or cyclic N) is 1. The lowest BCUT2D eigenvalue weighted by Crippen LogP contribution is -2.40. The van der Waals surface area contributed by atoms with E-state index >= 15 is 0 Å². The molecule has 24 heavy (non-hydrogen) atoms. The van der Waals surface area contributed by atoms with E-state index in [9.17, 15) is 5.11 Å². The molecular formula is C20H31NO3. The zero-order valence-corrected chi connectivity index (χ0v) is 15.0. The first-order valence-corrected chi connectivity index (χ1v) is 9.32. The van der Waals surface area contributed by atoms with E-state index in [-0.39, 0.29) is 0 Å². The molecule has 2 aliphatic heterocycles. The molecule has 0 spiro atoms. The van der Waals surface area contributed by atoms with E-state index in [0.717, 1.165) is 51.1 Å². The van der Waals surface area contributed by atoms with Crippen molar-refractivity contribution < 1.29 is 14.6 Å². The van der Waals surface area contributed by atoms with Crippen LogP contribution >= 0.6 is 0 Å². The highest BCUT2D eigenvalue weighted by Crippen LogP contribution is 2.23. The molecular weight excluding hydrogens is 302 g/mol. The van der Waals surface area contributed by atoms with Crippen LogP contribution in [0.15, 0.2) is 18.2 Å². The molecule has 2 fully saturated rings. The summed E-state index contributed by atoms with van der Waals surface area (Å²) in [6, 6.07) is 6.30. The second-order valence-corrected chi connectivity index (χ2v) is 7.34. The first-order chi connectivity index (χ1) is 11.6. The number of piperidine rings is 1. The van der Waals surface area contributed by atoms with E-state index in [1.54, 1.807) is 0 Å². The van der Waals surface area contributed by atoms with E-state index in [1.165, 1.54) is 17.5 Å². The molecule has 2 aliphatic rings. The summed E-state index contributed by atoms with van der Waals surface area (Å²) in [5.74, 6) is 0. The summed E-state index contributed by atoms with van der Waals surface area (Å²) in [5, 5.41) is 10.6. The number of ether oxygens (including phenoxy) is 2. The fraction of sp³-hybridized carbons (Fsp3) is 0.700. The maximum absolute atomic E-state index is 10.6. The van der Waals surface area contributed by atoms with Gasteiger partial charge in [0, 0.05) is 26.2 Å². The molecule has 0 amide bonds. The van der Waals surface area contributed by atoms with E-state index in [2.05, 4.69) is 36.9 Å². The normalized spacial score (nSPS) is 24.4. The van der Waals surface area contributed by atoms with Crippen LogP contribution in [-0.4, -0.2) is 55.1 Å². The Bertz CT molecular complexity index is 520. The van der Waals surface area contributed by atoms with Crippen LogP contribution < -0.4 is 0 Å². The number of aliphatic hydroxyl groups excluding tert-OH is 1. The SMILES string of the molecule is Cc1ccc(C)c([C@H](O)CN2CCC(OC[C@H]3CCCO3)CC2)c1. The van der Waals surface area contributed by atoms with Gasteiger partial charge >= 0.3 is 0 Å². The predicted octanol–water partition coefficient (Wildman–Crippen LogP) is 3.00. The van der Waals surface area contributed by atoms with Gasteiger partial charge in [0.05, 0.1) is 24.9 Å². The van der Waals surface area contributed by atoms with Crippen molar-refractivity contribution in [2.75, 3.05) is 32.8 Å². The minimum atomic E-state index is -0.408. The van der Waals surface area contributed by atoms with Crippen LogP contribution in [-0.2, 0) is 9.47 Å². The first kappa shape index (κ1) is 17.9. The van der Waals surface area contributed by atoms with Crippen LogP contribution in [0.3, 0.4) is 0 Å². The van der Waals surface area contributed by atoms with Crippen molar-refractivity contribution in [2.24, 2.45) is 0 Å². The van der Waals surface area contributed by atoms with Gasteiger partial charge in [0.25, 0.3) is 0 Å². The summed E-state index contributed by atoms with van der Waals surface area (Å²) in [4.78, 5) is 2.36. The molecule has 134 valence electrons. The summed E-state index contributed by atoms with van der Waals surface area (Å²) in [7, 11) is 0. The Balaban J connectivity index is 1.42. The molecule has 4 heteroatoms. The van der Waals surface area contributed by atoms with E-state index in [1.807, 2.05) is 0 Å². The van der Waals surface area contributed by atoms with Gasteiger partial charge in [-0.15, -0.1) is 0 Å². The van der Waals surface area contributed by atoms with Gasteiger partial charge in [0.15, 0.2) is 0 Å². The van der Waals surface area contributed by atoms with Gasteiger partial charge in [-0.2, -0.15) is 0 Å². The molecule has 2 atom stereocenters. The third-order valence-corrected chi connectivity index (χ3v) is 5.30. The number of nitrogens with zero attached hydrogens (tertiary/aromatic N) is 1. The number of hydrogen-bond donors (Lipinski definition) is 1. The second kappa shape index (κ2) is 8.43. The molecule has 1 N–H and O–H groups in total. The summed E-state index contributed by atoms with van der Waals surface area (Å²) >= 11 is 0. The summed E-state index contributed by atoms with van der Waals surface area (Å²) < 4.78 is 11.6. The first-order valence-electron chi connectivity index (χ1n) is 9.32. The lowest BCUT2D eigenvalue weighted by molar-refractivity contribution is -0.0453. The zero-order chi connectivity index (χ0) is 16.9. The molecule has 0 aliphatic carbocycles. The predicted molar refractivity (Wildman–Crippen MR) is 95.3 cm³/mol. The molecule has 0 bridgehead atoms. The number of hydrogen-bond acceptors (Lipinski definition) is 4. The van der Waals surface area contributed by atoms with E-state index in [0.29, 0.717) is 18.8 Å². The number of likely N-dealkylation sites (tertiary alicyclic amines) is 1. The molecule has 1 aromatic rings. The van der Waals surface area contributed by atoms with Gasteiger partial charge in [-0.1, -0.05) is 23.8 Å². The van der Waals surface area contributed by atoms with Crippen molar-refractivity contribution in [3.63, 3.8) is 0 Å². The van der Waals surface area contributed by atoms with E-state index in [4.69, 9.17) is 9.47 Å². The number of rotatable bonds is 6. The van der Waals surface area contributed by atoms with Crippen LogP contribution in [0.4, 0.5) is 0 Å². The number of aryl methyl sites for hydroxylation is 2. The van der Waals surface area contributed by atoms with Crippen molar-refractivity contribution in [1.82, 2.24) is 4.90 Å². The summed E-state index contributed by atoms with van der Waals surface area (Å²) in [6.45, 7) is 8.49. The molecule has 4 nitrogen and oxygen atoms in total. The maximum atomic E-state index is 10.6. The molecule has 2 saturated heterocycles. The minimum absolute atomic E-state index is 0.314. The van der Waals surface area contributed by atoms with Crippen LogP contribution in [0.2, 0.25) is 0 Å². The van der Waals surface area contributed by atoms with Gasteiger partial charge in [-0.05, 0) is 50.7 Å². The van der Waals surface area contributed by atoms with Crippen molar-refractivity contribution >= 4 is 0 Å². The number of benzene rings is 1. The Morgan fingerprint density at radius 1 is 1.25 bits per heavy atom. The monoisotopic (exact) mass is 333 g/mol. The Labute approximate surface area is 145 Å². The molecule has 1 aromatic carbocycles. The topological polar surface area (TPSA) is 41.9 Å². The Kier molecular flexibility index (Phi) is 6.28. The van der Waals surface area contributed by atoms with Crippen molar-refractivity contribution in [3.05, 3.63) is 34.9 Å². The van der Waals surface area contributed by atoms with Crippen molar-refractivity contribution in [3.8, 4) is 0 Å². The van der Waals surface area contributed by atoms with Crippen LogP contribution in [0.25, 0.3) is 0 Å². The smallest absolute Gasteiger partial charge is 0.0919 e. The minimum Gasteiger partial charge on any atom is -0.387 e. The second-order valence-electron chi connectivity index (χ2n) is 7.34. The molecule has 3 rings (SSSR count). The van der Waals surface area contributed by atoms with E-state index < -0.39 is 6.10 Å². The van der Waals surface area contributed by atoms with Gasteiger partial charge in [-0.25, -0.2) is 0 Å². The average molecular weight is 333 g/mol. The molecule has 0 radical (unpaired) electrons. The third-order valence-electron chi connectivity index (χ3n) is 5.30. The molecule has 0 aromatic heterocycles. The average Bonchev–Trinajstić information content (AvgIpc) is 3.10. The van der Waals surface area contributed by atoms with Crippen LogP contribution in [0.1, 0.15) is 48.5 Å². The Morgan fingerprint density at radius 2 is 2.04 bits per heavy atom. The summed E-state index contributed by atoms with van der Waals surface area (Å²) in [5.41, 5.74) is 3.44. The Hall–Kier alpha value is -0.940. The van der Waals surface area contributed by atoms with Gasteiger partial charge in [0.2, 0.25) is 0 Å². The molecule has 0 saturated carbocycles. The van der Waals surface area contributed by atoms with Crippen LogP contribution in [0.5, 0.6) is 0 Å². The highest BCUT2D eigenvalue weighted by molar-refractivity contribution is 5.32. The fourth-order valence-electron chi connectivity index (χ4n) is 3.74. The zero-order valence-electron chi connectivity index (χ0n) is 15.0. The van der Waals surface area contributed by atoms with Gasteiger partial charge in [0.1, 0.15) is 0 Å². The fourth-order valence-corrected chi connectivity index (χ4v) is 3.74. The van der Waals surface area contributed by atoms with Crippen molar-refractivity contribution in [1.29, 1.82) is 0 Å². The highest BCUT2D eigenvalue weighted by atomic mass is 16.5. The van der Waals surface area contributed by atoms with Gasteiger partial charge in [-0.3, -0.25) is 0 Å². The summed E-state index contributed by atoms with van der Waals surface area (Å²) in [6.07, 6.45) is 4.66. The third kappa shape index (κ3) is 4.79. The largest absolute Gasteiger partial charge is 0.387 e. The standard InChI is InChI=1S/C20H31NO3/c1-15-5-6-16(2)19(12-15)20(22)13-21-9-7-17(8-10-21)24-14-18-4-3-11-23-18/h5-6,12,17-18,20,22H,3-4,7-11,13-14H2,1-2H3/t18-,20-/m1/s1. The lowest BCUT2D eigenvalue weighted by atomic mass is 9.99. The Morgan fingerprint density at radius 3 is 2.75 bits per heavy atom. The van der Waals surface area contributed by atoms with Gasteiger partial charge < -0.3 is 19.5 Å². The highest BCUT2D eigenvalue weighted by Gasteiger charge is 2.24. The van der Waals surface area contributed by atoms with Crippen molar-refractivity contribution in [2.45, 2.75) is 57.8 Å². The number of aliphatic hydroxyl groups is 1. The lowest BCUT2D eigenvalue weighted by Gasteiger charge is -2.33. The molecule has 2 heterocycles. The van der Waals surface area contributed by atoms with Crippen LogP contribution in [0, 0.1) is 13.8 Å². The molecule has 0 unspecified atom stereocenters.